The number of carbonyl (C=O) groups excluding carboxylic acids is 1. The van der Waals surface area contributed by atoms with Crippen LogP contribution in [-0.2, 0) is 19.8 Å². The number of hydrogen-bond donors (Lipinski definition) is 0. The molecule has 0 aromatic heterocycles. The van der Waals surface area contributed by atoms with Gasteiger partial charge in [-0.3, -0.25) is 0 Å². The molecule has 1 heterocycles. The molecule has 0 radical (unpaired) electrons. The summed E-state index contributed by atoms with van der Waals surface area (Å²) in [4.78, 5) is 11.4. The second-order valence-corrected chi connectivity index (χ2v) is 11.3. The topological polar surface area (TPSA) is 35.5 Å². The van der Waals surface area contributed by atoms with E-state index in [1.54, 1.807) is 32.0 Å². The van der Waals surface area contributed by atoms with E-state index in [0.29, 0.717) is 5.56 Å². The van der Waals surface area contributed by atoms with Gasteiger partial charge in [0, 0.05) is 0 Å². The van der Waals surface area contributed by atoms with Crippen LogP contribution in [0.1, 0.15) is 35.3 Å². The second-order valence-electron chi connectivity index (χ2n) is 6.88. The number of methoxy groups -OCH3 is 1. The Balaban J connectivity index is 1.87. The van der Waals surface area contributed by atoms with Gasteiger partial charge in [-0.1, -0.05) is 0 Å². The molecule has 0 atom stereocenters. The fraction of sp³-hybridized carbons (Fsp3) is 0.350. The van der Waals surface area contributed by atoms with E-state index in [-0.39, 0.29) is 14.7 Å². The van der Waals surface area contributed by atoms with Gasteiger partial charge in [-0.05, 0) is 0 Å². The zero-order valence-electron chi connectivity index (χ0n) is 15.4. The van der Waals surface area contributed by atoms with E-state index >= 15 is 0 Å². The summed E-state index contributed by atoms with van der Waals surface area (Å²) in [6.07, 6.45) is -1.15. The molecule has 0 spiro atoms. The molecule has 28 heavy (non-hydrogen) atoms. The SMILES string of the molecule is COC(=O)c1ccc(CC(F)(F)C(F)(F)I2OC(C)(C)c3ccccc32)cc1. The molecule has 0 saturated heterocycles. The quantitative estimate of drug-likeness (QED) is 0.221. The molecular formula is C20H19F4IO3. The molecule has 0 N–H and O–H groups in total. The predicted molar refractivity (Wildman–Crippen MR) is 105 cm³/mol. The number of esters is 1. The molecule has 0 amide bonds. The third kappa shape index (κ3) is 3.63. The van der Waals surface area contributed by atoms with Gasteiger partial charge >= 0.3 is 168 Å². The van der Waals surface area contributed by atoms with Gasteiger partial charge < -0.3 is 0 Å². The van der Waals surface area contributed by atoms with Crippen LogP contribution in [0.15, 0.2) is 48.5 Å². The molecule has 2 aromatic rings. The van der Waals surface area contributed by atoms with E-state index in [0.717, 1.165) is 0 Å². The van der Waals surface area contributed by atoms with E-state index in [4.69, 9.17) is 3.07 Å². The first-order valence-corrected chi connectivity index (χ1v) is 11.5. The molecule has 0 fully saturated rings. The molecule has 2 aromatic carbocycles. The van der Waals surface area contributed by atoms with Crippen LogP contribution in [0.3, 0.4) is 0 Å². The number of halogens is 5. The molecule has 0 bridgehead atoms. The number of fused-ring (bicyclic) bond motifs is 1. The van der Waals surface area contributed by atoms with Gasteiger partial charge in [-0.15, -0.1) is 0 Å². The Morgan fingerprint density at radius 2 is 1.68 bits per heavy atom. The van der Waals surface area contributed by atoms with Crippen molar-refractivity contribution < 1.29 is 30.2 Å². The molecule has 0 unspecified atom stereocenters. The van der Waals surface area contributed by atoms with Crippen LogP contribution in [0.5, 0.6) is 0 Å². The molecule has 0 saturated carbocycles. The first-order valence-electron chi connectivity index (χ1n) is 8.41. The van der Waals surface area contributed by atoms with Gasteiger partial charge in [-0.2, -0.15) is 0 Å². The van der Waals surface area contributed by atoms with Crippen molar-refractivity contribution in [2.24, 2.45) is 0 Å². The van der Waals surface area contributed by atoms with Gasteiger partial charge in [0.1, 0.15) is 0 Å². The normalized spacial score (nSPS) is 17.3. The first-order chi connectivity index (χ1) is 13.0. The molecular weight excluding hydrogens is 491 g/mol. The van der Waals surface area contributed by atoms with Gasteiger partial charge in [0.05, 0.1) is 0 Å². The molecule has 3 rings (SSSR count). The molecule has 152 valence electrons. The van der Waals surface area contributed by atoms with E-state index < -0.39 is 48.1 Å². The summed E-state index contributed by atoms with van der Waals surface area (Å²) in [5, 5.41) is 0. The standard InChI is InChI=1S/C20H19F4IO3/c1-18(2)15-6-4-5-7-16(15)25(28-18)20(23,24)19(21,22)12-13-8-10-14(11-9-13)17(26)27-3/h4-11H,12H2,1-3H3. The minimum absolute atomic E-state index is 0.0000534. The summed E-state index contributed by atoms with van der Waals surface area (Å²) in [7, 11) is 1.19. The Kier molecular flexibility index (Phi) is 5.48. The van der Waals surface area contributed by atoms with E-state index in [1.807, 2.05) is 0 Å². The van der Waals surface area contributed by atoms with Crippen molar-refractivity contribution in [3.8, 4) is 0 Å². The number of alkyl halides is 5. The summed E-state index contributed by atoms with van der Waals surface area (Å²) in [6.45, 7) is 3.23. The Morgan fingerprint density at radius 3 is 2.29 bits per heavy atom. The number of ether oxygens (including phenoxy) is 1. The van der Waals surface area contributed by atoms with E-state index in [1.165, 1.54) is 37.4 Å². The number of rotatable bonds is 5. The average molecular weight is 510 g/mol. The summed E-state index contributed by atoms with van der Waals surface area (Å²) in [5.74, 6) is -4.92. The first kappa shape index (κ1) is 21.0. The Hall–Kier alpha value is -1.68. The number of benzene rings is 2. The van der Waals surface area contributed by atoms with Crippen molar-refractivity contribution in [3.63, 3.8) is 0 Å². The van der Waals surface area contributed by atoms with E-state index in [2.05, 4.69) is 4.74 Å². The van der Waals surface area contributed by atoms with Gasteiger partial charge in [0.15, 0.2) is 0 Å². The number of carbonyl (C=O) groups is 1. The van der Waals surface area contributed by atoms with Crippen molar-refractivity contribution in [2.75, 3.05) is 7.11 Å². The molecule has 1 aliphatic heterocycles. The summed E-state index contributed by atoms with van der Waals surface area (Å²) < 4.78 is 65.5. The van der Waals surface area contributed by atoms with Crippen LogP contribution in [0.25, 0.3) is 0 Å². The molecule has 1 aliphatic rings. The van der Waals surface area contributed by atoms with Gasteiger partial charge in [0.25, 0.3) is 0 Å². The van der Waals surface area contributed by atoms with Crippen LogP contribution in [0, 0.1) is 3.57 Å². The Labute approximate surface area is 168 Å². The Morgan fingerprint density at radius 1 is 1.07 bits per heavy atom. The summed E-state index contributed by atoms with van der Waals surface area (Å²) in [6, 6.07) is 11.4. The van der Waals surface area contributed by atoms with Gasteiger partial charge in [-0.25, -0.2) is 0 Å². The third-order valence-corrected chi connectivity index (χ3v) is 9.97. The maximum atomic E-state index is 15.0. The molecule has 3 nitrogen and oxygen atoms in total. The fourth-order valence-electron chi connectivity index (χ4n) is 2.91. The van der Waals surface area contributed by atoms with Crippen molar-refractivity contribution >= 4 is 26.2 Å². The maximum absolute atomic E-state index is 15.0. The van der Waals surface area contributed by atoms with Crippen molar-refractivity contribution in [2.45, 2.75) is 35.7 Å². The van der Waals surface area contributed by atoms with Crippen molar-refractivity contribution in [1.29, 1.82) is 0 Å². The predicted octanol–water partition coefficient (Wildman–Crippen LogP) is 5.80. The molecule has 8 heteroatoms. The average Bonchev–Trinajstić information content (AvgIpc) is 2.93. The Bertz CT molecular complexity index is 881. The third-order valence-electron chi connectivity index (χ3n) is 4.41. The van der Waals surface area contributed by atoms with Gasteiger partial charge in [0.2, 0.25) is 0 Å². The van der Waals surface area contributed by atoms with Crippen LogP contribution in [-0.4, -0.2) is 22.9 Å². The molecule has 0 aliphatic carbocycles. The van der Waals surface area contributed by atoms with Crippen molar-refractivity contribution in [3.05, 3.63) is 68.8 Å². The summed E-state index contributed by atoms with van der Waals surface area (Å²) >= 11 is -3.99. The fourth-order valence-corrected chi connectivity index (χ4v) is 8.29. The van der Waals surface area contributed by atoms with Crippen LogP contribution in [0.4, 0.5) is 17.6 Å². The number of hydrogen-bond acceptors (Lipinski definition) is 3. The monoisotopic (exact) mass is 510 g/mol. The van der Waals surface area contributed by atoms with Crippen LogP contribution in [0.2, 0.25) is 0 Å². The van der Waals surface area contributed by atoms with E-state index in [9.17, 15) is 22.4 Å². The zero-order valence-corrected chi connectivity index (χ0v) is 17.6. The zero-order chi connectivity index (χ0) is 20.7. The minimum atomic E-state index is -4.29. The second kappa shape index (κ2) is 7.29. The van der Waals surface area contributed by atoms with Crippen LogP contribution >= 0.6 is 20.2 Å². The summed E-state index contributed by atoms with van der Waals surface area (Å²) in [5.41, 5.74) is -0.326. The van der Waals surface area contributed by atoms with Crippen molar-refractivity contribution in [1.82, 2.24) is 0 Å². The van der Waals surface area contributed by atoms with Crippen LogP contribution < -0.4 is 0 Å².